The molecule has 1 fully saturated rings. The number of rotatable bonds is 4. The largest absolute Gasteiger partial charge is 0.393 e. The van der Waals surface area contributed by atoms with Crippen molar-refractivity contribution in [2.24, 2.45) is 0 Å². The minimum absolute atomic E-state index is 0.0733. The average molecular weight is 300 g/mol. The van der Waals surface area contributed by atoms with Crippen LogP contribution in [0.15, 0.2) is 24.4 Å². The van der Waals surface area contributed by atoms with Gasteiger partial charge in [0, 0.05) is 23.1 Å². The van der Waals surface area contributed by atoms with Crippen molar-refractivity contribution in [3.63, 3.8) is 0 Å². The smallest absolute Gasteiger partial charge is 0.224 e. The molecule has 3 rings (SSSR count). The molecular formula is C18H24N2O2. The highest BCUT2D eigenvalue weighted by molar-refractivity contribution is 5.90. The lowest BCUT2D eigenvalue weighted by Crippen LogP contribution is -2.39. The number of benzene rings is 1. The Morgan fingerprint density at radius 1 is 1.27 bits per heavy atom. The summed E-state index contributed by atoms with van der Waals surface area (Å²) in [5.74, 6) is 0.0733. The molecule has 1 aromatic heterocycles. The average Bonchev–Trinajstić information content (AvgIpc) is 2.92. The number of aryl methyl sites for hydroxylation is 1. The Balaban J connectivity index is 1.67. The molecule has 0 aliphatic heterocycles. The van der Waals surface area contributed by atoms with E-state index in [9.17, 15) is 9.90 Å². The van der Waals surface area contributed by atoms with Gasteiger partial charge in [0.1, 0.15) is 0 Å². The molecule has 0 atom stereocenters. The predicted octanol–water partition coefficient (Wildman–Crippen LogP) is 2.69. The van der Waals surface area contributed by atoms with E-state index in [1.807, 2.05) is 6.20 Å². The molecule has 2 aromatic rings. The molecule has 0 unspecified atom stereocenters. The first-order chi connectivity index (χ1) is 10.7. The molecule has 1 aliphatic rings. The number of carbonyl (C=O) groups excluding carboxylic acids is 1. The Bertz CT molecular complexity index is 654. The number of hydrogen-bond donors (Lipinski definition) is 3. The quantitative estimate of drug-likeness (QED) is 0.813. The highest BCUT2D eigenvalue weighted by Gasteiger charge is 2.21. The normalized spacial score (nSPS) is 21.9. The number of aromatic amines is 1. The third-order valence-corrected chi connectivity index (χ3v) is 4.68. The molecule has 22 heavy (non-hydrogen) atoms. The van der Waals surface area contributed by atoms with E-state index < -0.39 is 0 Å². The van der Waals surface area contributed by atoms with E-state index >= 15 is 0 Å². The minimum atomic E-state index is -0.186. The summed E-state index contributed by atoms with van der Waals surface area (Å²) in [4.78, 5) is 15.6. The van der Waals surface area contributed by atoms with Gasteiger partial charge in [-0.2, -0.15) is 0 Å². The molecule has 0 radical (unpaired) electrons. The predicted molar refractivity (Wildman–Crippen MR) is 87.8 cm³/mol. The van der Waals surface area contributed by atoms with Gasteiger partial charge in [-0.3, -0.25) is 4.79 Å². The molecule has 1 heterocycles. The van der Waals surface area contributed by atoms with E-state index in [1.54, 1.807) is 0 Å². The molecule has 1 saturated carbocycles. The fourth-order valence-corrected chi connectivity index (χ4v) is 3.39. The molecule has 3 N–H and O–H groups in total. The molecule has 0 saturated heterocycles. The van der Waals surface area contributed by atoms with E-state index in [-0.39, 0.29) is 18.1 Å². The number of para-hydroxylation sites is 1. The summed E-state index contributed by atoms with van der Waals surface area (Å²) in [5.41, 5.74) is 3.48. The summed E-state index contributed by atoms with van der Waals surface area (Å²) >= 11 is 0. The van der Waals surface area contributed by atoms with Crippen LogP contribution in [-0.4, -0.2) is 28.1 Å². The van der Waals surface area contributed by atoms with Crippen LogP contribution in [0, 0.1) is 0 Å². The van der Waals surface area contributed by atoms with Crippen molar-refractivity contribution >= 4 is 16.8 Å². The van der Waals surface area contributed by atoms with E-state index in [0.717, 1.165) is 48.6 Å². The Morgan fingerprint density at radius 2 is 2.05 bits per heavy atom. The zero-order chi connectivity index (χ0) is 15.5. The number of carbonyl (C=O) groups is 1. The standard InChI is InChI=1S/C18H24N2O2/c1-2-12-4-3-5-16-13(11-19-18(12)16)10-17(22)20-14-6-8-15(21)9-7-14/h3-5,11,14-15,19,21H,2,6-10H2,1H3,(H,20,22). The topological polar surface area (TPSA) is 65.1 Å². The molecule has 4 heteroatoms. The van der Waals surface area contributed by atoms with Gasteiger partial charge in [0.05, 0.1) is 12.5 Å². The van der Waals surface area contributed by atoms with Gasteiger partial charge in [-0.25, -0.2) is 0 Å². The van der Waals surface area contributed by atoms with Gasteiger partial charge in [-0.1, -0.05) is 25.1 Å². The highest BCUT2D eigenvalue weighted by Crippen LogP contribution is 2.23. The number of aromatic nitrogens is 1. The van der Waals surface area contributed by atoms with Gasteiger partial charge < -0.3 is 15.4 Å². The van der Waals surface area contributed by atoms with Gasteiger partial charge in [-0.05, 0) is 43.2 Å². The number of nitrogens with one attached hydrogen (secondary N) is 2. The van der Waals surface area contributed by atoms with Crippen LogP contribution >= 0.6 is 0 Å². The van der Waals surface area contributed by atoms with E-state index in [2.05, 4.69) is 35.4 Å². The molecule has 1 aromatic carbocycles. The fraction of sp³-hybridized carbons (Fsp3) is 0.500. The summed E-state index contributed by atoms with van der Waals surface area (Å²) in [6, 6.07) is 6.46. The third-order valence-electron chi connectivity index (χ3n) is 4.68. The lowest BCUT2D eigenvalue weighted by molar-refractivity contribution is -0.121. The van der Waals surface area contributed by atoms with Crippen molar-refractivity contribution in [1.82, 2.24) is 10.3 Å². The summed E-state index contributed by atoms with van der Waals surface area (Å²) in [5, 5.41) is 13.8. The summed E-state index contributed by atoms with van der Waals surface area (Å²) in [7, 11) is 0. The number of hydrogen-bond acceptors (Lipinski definition) is 2. The summed E-state index contributed by atoms with van der Waals surface area (Å²) < 4.78 is 0. The second-order valence-electron chi connectivity index (χ2n) is 6.26. The second kappa shape index (κ2) is 6.53. The first kappa shape index (κ1) is 15.1. The number of H-pyrrole nitrogens is 1. The van der Waals surface area contributed by atoms with Crippen LogP contribution in [0.3, 0.4) is 0 Å². The van der Waals surface area contributed by atoms with Crippen molar-refractivity contribution in [2.75, 3.05) is 0 Å². The van der Waals surface area contributed by atoms with Gasteiger partial charge in [0.2, 0.25) is 5.91 Å². The van der Waals surface area contributed by atoms with Crippen LogP contribution in [0.4, 0.5) is 0 Å². The maximum atomic E-state index is 12.3. The van der Waals surface area contributed by atoms with Crippen LogP contribution in [0.5, 0.6) is 0 Å². The van der Waals surface area contributed by atoms with Crippen LogP contribution in [-0.2, 0) is 17.6 Å². The van der Waals surface area contributed by atoms with Crippen molar-refractivity contribution in [3.8, 4) is 0 Å². The van der Waals surface area contributed by atoms with Gasteiger partial charge >= 0.3 is 0 Å². The van der Waals surface area contributed by atoms with Crippen LogP contribution in [0.2, 0.25) is 0 Å². The summed E-state index contributed by atoms with van der Waals surface area (Å²) in [6.45, 7) is 2.14. The highest BCUT2D eigenvalue weighted by atomic mass is 16.3. The van der Waals surface area contributed by atoms with Crippen molar-refractivity contribution in [2.45, 2.75) is 57.6 Å². The Labute approximate surface area is 130 Å². The molecule has 0 spiro atoms. The van der Waals surface area contributed by atoms with E-state index in [4.69, 9.17) is 0 Å². The van der Waals surface area contributed by atoms with Crippen molar-refractivity contribution in [3.05, 3.63) is 35.5 Å². The maximum absolute atomic E-state index is 12.3. The van der Waals surface area contributed by atoms with Crippen LogP contribution in [0.1, 0.15) is 43.7 Å². The zero-order valence-electron chi connectivity index (χ0n) is 13.1. The van der Waals surface area contributed by atoms with Crippen molar-refractivity contribution < 1.29 is 9.90 Å². The Morgan fingerprint density at radius 3 is 2.77 bits per heavy atom. The van der Waals surface area contributed by atoms with Crippen LogP contribution in [0.25, 0.3) is 10.9 Å². The summed E-state index contributed by atoms with van der Waals surface area (Å²) in [6.07, 6.45) is 6.49. The van der Waals surface area contributed by atoms with Crippen LogP contribution < -0.4 is 5.32 Å². The minimum Gasteiger partial charge on any atom is -0.393 e. The first-order valence-electron chi connectivity index (χ1n) is 8.22. The lowest BCUT2D eigenvalue weighted by Gasteiger charge is -2.26. The lowest BCUT2D eigenvalue weighted by atomic mass is 9.93. The molecular weight excluding hydrogens is 276 g/mol. The number of fused-ring (bicyclic) bond motifs is 1. The zero-order valence-corrected chi connectivity index (χ0v) is 13.1. The molecule has 1 aliphatic carbocycles. The molecule has 0 bridgehead atoms. The third kappa shape index (κ3) is 3.17. The van der Waals surface area contributed by atoms with E-state index in [1.165, 1.54) is 5.56 Å². The van der Waals surface area contributed by atoms with E-state index in [0.29, 0.717) is 6.42 Å². The maximum Gasteiger partial charge on any atom is 0.224 e. The van der Waals surface area contributed by atoms with Gasteiger partial charge in [0.25, 0.3) is 0 Å². The monoisotopic (exact) mass is 300 g/mol. The second-order valence-corrected chi connectivity index (χ2v) is 6.26. The molecule has 1 amide bonds. The first-order valence-corrected chi connectivity index (χ1v) is 8.22. The molecule has 4 nitrogen and oxygen atoms in total. The number of aliphatic hydroxyl groups is 1. The molecule has 118 valence electrons. The fourth-order valence-electron chi connectivity index (χ4n) is 3.39. The van der Waals surface area contributed by atoms with Gasteiger partial charge in [0.15, 0.2) is 0 Å². The van der Waals surface area contributed by atoms with Gasteiger partial charge in [-0.15, -0.1) is 0 Å². The number of amides is 1. The SMILES string of the molecule is CCc1cccc2c(CC(=O)NC3CCC(O)CC3)c[nH]c12. The Kier molecular flexibility index (Phi) is 4.48. The Hall–Kier alpha value is -1.81. The van der Waals surface area contributed by atoms with Crippen molar-refractivity contribution in [1.29, 1.82) is 0 Å². The number of aliphatic hydroxyl groups excluding tert-OH is 1.